The molecule has 0 spiro atoms. The van der Waals surface area contributed by atoms with E-state index >= 15 is 0 Å². The molecule has 0 fully saturated rings. The molecule has 0 saturated heterocycles. The molecular weight excluding hydrogens is 286 g/mol. The molecule has 1 N–H and O–H groups in total. The lowest BCUT2D eigenvalue weighted by atomic mass is 10.3. The minimum absolute atomic E-state index is 0.202. The number of carbonyl (C=O) groups is 1. The van der Waals surface area contributed by atoms with Crippen LogP contribution in [0, 0.1) is 0 Å². The van der Waals surface area contributed by atoms with Gasteiger partial charge in [-0.2, -0.15) is 0 Å². The topological polar surface area (TPSA) is 72.7 Å². The number of nitrogens with zero attached hydrogens (tertiary/aromatic N) is 4. The normalized spacial score (nSPS) is 11.0. The highest BCUT2D eigenvalue weighted by Crippen LogP contribution is 2.21. The number of aromatic nitrogens is 4. The van der Waals surface area contributed by atoms with Crippen LogP contribution in [0.25, 0.3) is 11.0 Å². The van der Waals surface area contributed by atoms with Crippen LogP contribution in [0.4, 0.5) is 5.95 Å². The molecule has 108 valence electrons. The summed E-state index contributed by atoms with van der Waals surface area (Å²) in [5.74, 6) is 0.353. The molecule has 2 aromatic heterocycles. The van der Waals surface area contributed by atoms with E-state index in [9.17, 15) is 4.79 Å². The zero-order chi connectivity index (χ0) is 14.8. The van der Waals surface area contributed by atoms with Crippen LogP contribution in [0.1, 0.15) is 29.2 Å². The number of carbonyl (C=O) groups excluding carboxylic acids is 1. The van der Waals surface area contributed by atoms with Crippen LogP contribution in [-0.4, -0.2) is 25.0 Å². The smallest absolute Gasteiger partial charge is 0.271 e. The molecular formula is C14H15N5OS. The van der Waals surface area contributed by atoms with E-state index in [0.29, 0.717) is 17.2 Å². The van der Waals surface area contributed by atoms with Crippen LogP contribution in [0.3, 0.4) is 0 Å². The Balaban J connectivity index is 1.96. The van der Waals surface area contributed by atoms with Crippen molar-refractivity contribution in [3.63, 3.8) is 0 Å². The van der Waals surface area contributed by atoms with E-state index < -0.39 is 0 Å². The maximum absolute atomic E-state index is 12.4. The zero-order valence-electron chi connectivity index (χ0n) is 11.8. The van der Waals surface area contributed by atoms with Gasteiger partial charge in [0.2, 0.25) is 5.95 Å². The van der Waals surface area contributed by atoms with Gasteiger partial charge in [0.1, 0.15) is 4.88 Å². The van der Waals surface area contributed by atoms with E-state index in [4.69, 9.17) is 0 Å². The number of para-hydroxylation sites is 2. The van der Waals surface area contributed by atoms with E-state index in [0.717, 1.165) is 34.8 Å². The summed E-state index contributed by atoms with van der Waals surface area (Å²) in [6.45, 7) is 4.71. The van der Waals surface area contributed by atoms with Gasteiger partial charge in [-0.15, -0.1) is 5.10 Å². The second kappa shape index (κ2) is 5.61. The largest absolute Gasteiger partial charge is 0.310 e. The number of nitrogens with one attached hydrogen (secondary N) is 1. The van der Waals surface area contributed by atoms with Gasteiger partial charge >= 0.3 is 0 Å². The number of aryl methyl sites for hydroxylation is 2. The van der Waals surface area contributed by atoms with Crippen LogP contribution in [0.5, 0.6) is 0 Å². The van der Waals surface area contributed by atoms with Crippen molar-refractivity contribution < 1.29 is 4.79 Å². The van der Waals surface area contributed by atoms with E-state index in [-0.39, 0.29) is 5.91 Å². The second-order valence-corrected chi connectivity index (χ2v) is 5.28. The van der Waals surface area contributed by atoms with E-state index in [1.54, 1.807) is 0 Å². The van der Waals surface area contributed by atoms with Gasteiger partial charge < -0.3 is 4.57 Å². The van der Waals surface area contributed by atoms with Gasteiger partial charge in [-0.3, -0.25) is 10.1 Å². The Bertz CT molecular complexity index is 792. The lowest BCUT2D eigenvalue weighted by Crippen LogP contribution is -2.16. The number of benzene rings is 1. The number of amides is 1. The molecule has 0 unspecified atom stereocenters. The van der Waals surface area contributed by atoms with Crippen molar-refractivity contribution in [1.82, 2.24) is 19.1 Å². The van der Waals surface area contributed by atoms with Crippen molar-refractivity contribution in [2.75, 3.05) is 5.32 Å². The van der Waals surface area contributed by atoms with Gasteiger partial charge in [-0.25, -0.2) is 4.98 Å². The summed E-state index contributed by atoms with van der Waals surface area (Å²) in [6.07, 6.45) is 0.684. The molecule has 3 aromatic rings. The predicted octanol–water partition coefficient (Wildman–Crippen LogP) is 2.72. The Hall–Kier alpha value is -2.28. The van der Waals surface area contributed by atoms with Crippen molar-refractivity contribution in [2.24, 2.45) is 0 Å². The molecule has 7 heteroatoms. The number of rotatable bonds is 4. The fourth-order valence-electron chi connectivity index (χ4n) is 2.26. The number of hydrogen-bond acceptors (Lipinski definition) is 5. The second-order valence-electron chi connectivity index (χ2n) is 4.52. The summed E-state index contributed by atoms with van der Waals surface area (Å²) in [6, 6.07) is 7.82. The monoisotopic (exact) mass is 301 g/mol. The third kappa shape index (κ3) is 2.40. The van der Waals surface area contributed by atoms with Crippen molar-refractivity contribution in [1.29, 1.82) is 0 Å². The van der Waals surface area contributed by atoms with Gasteiger partial charge in [0, 0.05) is 6.54 Å². The SMILES string of the molecule is CCc1nnsc1C(=O)Nc1nc2ccccc2n1CC. The van der Waals surface area contributed by atoms with Gasteiger partial charge in [0.15, 0.2) is 0 Å². The fourth-order valence-corrected chi connectivity index (χ4v) is 2.91. The highest BCUT2D eigenvalue weighted by Gasteiger charge is 2.18. The number of hydrogen-bond donors (Lipinski definition) is 1. The van der Waals surface area contributed by atoms with Gasteiger partial charge in [0.25, 0.3) is 5.91 Å². The number of anilines is 1. The minimum atomic E-state index is -0.202. The zero-order valence-corrected chi connectivity index (χ0v) is 12.6. The first-order valence-corrected chi connectivity index (χ1v) is 7.59. The lowest BCUT2D eigenvalue weighted by molar-refractivity contribution is 0.102. The van der Waals surface area contributed by atoms with Crippen LogP contribution in [0.15, 0.2) is 24.3 Å². The third-order valence-corrected chi connectivity index (χ3v) is 4.06. The molecule has 1 amide bonds. The van der Waals surface area contributed by atoms with Crippen molar-refractivity contribution in [3.8, 4) is 0 Å². The van der Waals surface area contributed by atoms with Crippen molar-refractivity contribution >= 4 is 34.4 Å². The summed E-state index contributed by atoms with van der Waals surface area (Å²) in [5, 5.41) is 6.83. The van der Waals surface area contributed by atoms with Crippen LogP contribution in [0.2, 0.25) is 0 Å². The maximum atomic E-state index is 12.4. The molecule has 1 aromatic carbocycles. The molecule has 3 rings (SSSR count). The molecule has 0 aliphatic rings. The summed E-state index contributed by atoms with van der Waals surface area (Å²) in [4.78, 5) is 17.4. The average Bonchev–Trinajstić information content (AvgIpc) is 3.10. The molecule has 0 aliphatic carbocycles. The van der Waals surface area contributed by atoms with Gasteiger partial charge in [0.05, 0.1) is 16.7 Å². The molecule has 0 aliphatic heterocycles. The molecule has 6 nitrogen and oxygen atoms in total. The molecule has 0 saturated carbocycles. The van der Waals surface area contributed by atoms with Gasteiger partial charge in [-0.05, 0) is 37.0 Å². The Morgan fingerprint density at radius 1 is 1.33 bits per heavy atom. The molecule has 0 bridgehead atoms. The first-order valence-electron chi connectivity index (χ1n) is 6.82. The lowest BCUT2D eigenvalue weighted by Gasteiger charge is -2.06. The van der Waals surface area contributed by atoms with E-state index in [1.807, 2.05) is 42.7 Å². The third-order valence-electron chi connectivity index (χ3n) is 3.29. The molecule has 2 heterocycles. The Morgan fingerprint density at radius 3 is 2.90 bits per heavy atom. The van der Waals surface area contributed by atoms with Crippen LogP contribution in [-0.2, 0) is 13.0 Å². The van der Waals surface area contributed by atoms with Crippen molar-refractivity contribution in [2.45, 2.75) is 26.8 Å². The van der Waals surface area contributed by atoms with Gasteiger partial charge in [-0.1, -0.05) is 23.5 Å². The fraction of sp³-hybridized carbons (Fsp3) is 0.286. The summed E-state index contributed by atoms with van der Waals surface area (Å²) in [7, 11) is 0. The molecule has 0 radical (unpaired) electrons. The van der Waals surface area contributed by atoms with E-state index in [2.05, 4.69) is 19.9 Å². The predicted molar refractivity (Wildman–Crippen MR) is 82.6 cm³/mol. The first kappa shape index (κ1) is 13.7. The molecule has 21 heavy (non-hydrogen) atoms. The van der Waals surface area contributed by atoms with Crippen LogP contribution < -0.4 is 5.32 Å². The first-order chi connectivity index (χ1) is 10.2. The van der Waals surface area contributed by atoms with Crippen molar-refractivity contribution in [3.05, 3.63) is 34.8 Å². The Morgan fingerprint density at radius 2 is 2.14 bits per heavy atom. The standard InChI is InChI=1S/C14H15N5OS/c1-3-9-12(21-18-17-9)13(20)16-14-15-10-7-5-6-8-11(10)19(14)4-2/h5-8H,3-4H2,1-2H3,(H,15,16,20). The summed E-state index contributed by atoms with van der Waals surface area (Å²) in [5.41, 5.74) is 2.60. The minimum Gasteiger partial charge on any atom is -0.310 e. The highest BCUT2D eigenvalue weighted by atomic mass is 32.1. The Kier molecular flexibility index (Phi) is 3.66. The average molecular weight is 301 g/mol. The quantitative estimate of drug-likeness (QED) is 0.804. The molecule has 0 atom stereocenters. The summed E-state index contributed by atoms with van der Waals surface area (Å²) < 4.78 is 5.82. The number of fused-ring (bicyclic) bond motifs is 1. The maximum Gasteiger partial charge on any atom is 0.271 e. The summed E-state index contributed by atoms with van der Waals surface area (Å²) >= 11 is 1.11. The number of imidazole rings is 1. The Labute approximate surface area is 126 Å². The van der Waals surface area contributed by atoms with Crippen LogP contribution >= 0.6 is 11.5 Å². The highest BCUT2D eigenvalue weighted by molar-refractivity contribution is 7.08. The van der Waals surface area contributed by atoms with E-state index in [1.165, 1.54) is 0 Å².